The maximum Gasteiger partial charge on any atom is 0.254 e. The summed E-state index contributed by atoms with van der Waals surface area (Å²) in [4.78, 5) is 43.9. The van der Waals surface area contributed by atoms with Crippen molar-refractivity contribution in [3.63, 3.8) is 0 Å². The number of carbonyl (C=O) groups is 3. The summed E-state index contributed by atoms with van der Waals surface area (Å²) in [5.41, 5.74) is 1.30. The molecule has 8 heteroatoms. The number of ether oxygens (including phenoxy) is 1. The minimum absolute atomic E-state index is 0.0827. The predicted octanol–water partition coefficient (Wildman–Crippen LogP) is 2.34. The molecular weight excluding hydrogens is 414 g/mol. The number of nitrogens with one attached hydrogen (secondary N) is 1. The van der Waals surface area contributed by atoms with Crippen LogP contribution in [0.25, 0.3) is 0 Å². The topological polar surface area (TPSA) is 79.0 Å². The van der Waals surface area contributed by atoms with Gasteiger partial charge in [0.2, 0.25) is 5.91 Å². The van der Waals surface area contributed by atoms with Crippen molar-refractivity contribution in [3.8, 4) is 5.75 Å². The molecular formula is C23H27N3O4S. The Morgan fingerprint density at radius 1 is 1.29 bits per heavy atom. The smallest absolute Gasteiger partial charge is 0.254 e. The lowest BCUT2D eigenvalue weighted by molar-refractivity contribution is -0.134. The number of carbonyl (C=O) groups excluding carboxylic acids is 3. The van der Waals surface area contributed by atoms with Crippen LogP contribution in [0.2, 0.25) is 0 Å². The molecule has 0 bridgehead atoms. The van der Waals surface area contributed by atoms with E-state index >= 15 is 0 Å². The van der Waals surface area contributed by atoms with E-state index in [1.54, 1.807) is 37.1 Å². The summed E-state index contributed by atoms with van der Waals surface area (Å²) in [7, 11) is 4.98. The monoisotopic (exact) mass is 441 g/mol. The Bertz CT molecular complexity index is 1050. The lowest BCUT2D eigenvalue weighted by Gasteiger charge is -2.34. The normalized spacial score (nSPS) is 22.6. The number of fused-ring (bicyclic) bond motifs is 1. The van der Waals surface area contributed by atoms with Gasteiger partial charge < -0.3 is 19.9 Å². The molecule has 7 nitrogen and oxygen atoms in total. The third kappa shape index (κ3) is 3.80. The van der Waals surface area contributed by atoms with Gasteiger partial charge in [-0.15, -0.1) is 11.3 Å². The quantitative estimate of drug-likeness (QED) is 0.793. The number of amides is 3. The minimum Gasteiger partial charge on any atom is -0.497 e. The summed E-state index contributed by atoms with van der Waals surface area (Å²) >= 11 is 1.53. The third-order valence-corrected chi connectivity index (χ3v) is 7.17. The van der Waals surface area contributed by atoms with Gasteiger partial charge in [-0.1, -0.05) is 6.07 Å². The van der Waals surface area contributed by atoms with Crippen molar-refractivity contribution in [2.24, 2.45) is 5.92 Å². The van der Waals surface area contributed by atoms with Crippen LogP contribution in [0.4, 0.5) is 0 Å². The fourth-order valence-corrected chi connectivity index (χ4v) is 5.31. The van der Waals surface area contributed by atoms with Crippen molar-refractivity contribution < 1.29 is 19.1 Å². The van der Waals surface area contributed by atoms with Crippen molar-refractivity contribution in [2.75, 3.05) is 34.3 Å². The standard InChI is InChI=1S/C23H27N3O4S/c1-14-9-16(12-31-14)21(28)26-11-19(22(29)25(2)3)23(13-26)8-7-15-5-6-17(30-4)10-18(15)20(27)24-23/h5-6,9-10,12,19H,7-8,11,13H2,1-4H3,(H,24,27)/t19-,23+/m1/s1. The van der Waals surface area contributed by atoms with Gasteiger partial charge in [0.15, 0.2) is 0 Å². The predicted molar refractivity (Wildman–Crippen MR) is 119 cm³/mol. The molecule has 1 fully saturated rings. The number of nitrogens with zero attached hydrogens (tertiary/aromatic N) is 2. The maximum absolute atomic E-state index is 13.2. The van der Waals surface area contributed by atoms with E-state index < -0.39 is 11.5 Å². The molecule has 2 atom stereocenters. The molecule has 1 aromatic carbocycles. The zero-order valence-corrected chi connectivity index (χ0v) is 19.0. The van der Waals surface area contributed by atoms with E-state index in [1.165, 1.54) is 11.3 Å². The molecule has 164 valence electrons. The molecule has 3 heterocycles. The van der Waals surface area contributed by atoms with Gasteiger partial charge in [-0.2, -0.15) is 0 Å². The van der Waals surface area contributed by atoms with Gasteiger partial charge in [0, 0.05) is 43.0 Å². The van der Waals surface area contributed by atoms with E-state index in [1.807, 2.05) is 30.5 Å². The first-order chi connectivity index (χ1) is 14.7. The molecule has 1 N–H and O–H groups in total. The van der Waals surface area contributed by atoms with E-state index in [0.29, 0.717) is 36.3 Å². The van der Waals surface area contributed by atoms with E-state index in [0.717, 1.165) is 10.4 Å². The molecule has 31 heavy (non-hydrogen) atoms. The van der Waals surface area contributed by atoms with Crippen molar-refractivity contribution in [3.05, 3.63) is 51.2 Å². The molecule has 0 unspecified atom stereocenters. The van der Waals surface area contributed by atoms with Crippen LogP contribution in [0.1, 0.15) is 37.6 Å². The fourth-order valence-electron chi connectivity index (χ4n) is 4.63. The molecule has 0 aliphatic carbocycles. The Morgan fingerprint density at radius 3 is 2.71 bits per heavy atom. The third-order valence-electron chi connectivity index (χ3n) is 6.31. The molecule has 1 aromatic heterocycles. The Labute approximate surface area is 186 Å². The Balaban J connectivity index is 1.69. The van der Waals surface area contributed by atoms with Crippen LogP contribution in [0, 0.1) is 12.8 Å². The van der Waals surface area contributed by atoms with Gasteiger partial charge >= 0.3 is 0 Å². The lowest BCUT2D eigenvalue weighted by Crippen LogP contribution is -2.57. The van der Waals surface area contributed by atoms with Crippen molar-refractivity contribution in [1.29, 1.82) is 0 Å². The van der Waals surface area contributed by atoms with E-state index in [9.17, 15) is 14.4 Å². The van der Waals surface area contributed by atoms with Crippen LogP contribution in [0.3, 0.4) is 0 Å². The molecule has 0 radical (unpaired) electrons. The van der Waals surface area contributed by atoms with Crippen LogP contribution in [0.5, 0.6) is 5.75 Å². The first-order valence-corrected chi connectivity index (χ1v) is 11.2. The van der Waals surface area contributed by atoms with Gasteiger partial charge in [-0.05, 0) is 43.5 Å². The number of thiophene rings is 1. The van der Waals surface area contributed by atoms with Gasteiger partial charge in [-0.3, -0.25) is 14.4 Å². The Morgan fingerprint density at radius 2 is 2.06 bits per heavy atom. The van der Waals surface area contributed by atoms with Gasteiger partial charge in [0.25, 0.3) is 11.8 Å². The fraction of sp³-hybridized carbons (Fsp3) is 0.435. The number of aryl methyl sites for hydroxylation is 2. The second kappa shape index (κ2) is 8.00. The zero-order chi connectivity index (χ0) is 22.3. The molecule has 3 amide bonds. The Hall–Kier alpha value is -2.87. The average molecular weight is 442 g/mol. The molecule has 1 spiro atoms. The average Bonchev–Trinajstić information content (AvgIpc) is 3.31. The highest BCUT2D eigenvalue weighted by molar-refractivity contribution is 7.10. The summed E-state index contributed by atoms with van der Waals surface area (Å²) < 4.78 is 5.28. The Kier molecular flexibility index (Phi) is 5.51. The minimum atomic E-state index is -0.814. The van der Waals surface area contributed by atoms with E-state index in [4.69, 9.17) is 4.74 Å². The summed E-state index contributed by atoms with van der Waals surface area (Å²) in [5.74, 6) is -0.312. The van der Waals surface area contributed by atoms with E-state index in [-0.39, 0.29) is 24.3 Å². The highest BCUT2D eigenvalue weighted by Crippen LogP contribution is 2.37. The number of likely N-dealkylation sites (tertiary alicyclic amines) is 1. The first kappa shape index (κ1) is 21.4. The highest BCUT2D eigenvalue weighted by Gasteiger charge is 2.53. The van der Waals surface area contributed by atoms with Gasteiger partial charge in [-0.25, -0.2) is 0 Å². The molecule has 1 saturated heterocycles. The van der Waals surface area contributed by atoms with Gasteiger partial charge in [0.05, 0.1) is 24.1 Å². The van der Waals surface area contributed by atoms with Crippen LogP contribution in [-0.4, -0.2) is 67.4 Å². The molecule has 2 aliphatic rings. The van der Waals surface area contributed by atoms with Crippen molar-refractivity contribution in [2.45, 2.75) is 25.3 Å². The second-order valence-electron chi connectivity index (χ2n) is 8.55. The van der Waals surface area contributed by atoms with E-state index in [2.05, 4.69) is 5.32 Å². The number of rotatable bonds is 3. The van der Waals surface area contributed by atoms with Crippen molar-refractivity contribution in [1.82, 2.24) is 15.1 Å². The van der Waals surface area contributed by atoms with Crippen molar-refractivity contribution >= 4 is 29.1 Å². The number of hydrogen-bond donors (Lipinski definition) is 1. The highest BCUT2D eigenvalue weighted by atomic mass is 32.1. The number of benzene rings is 1. The van der Waals surface area contributed by atoms with Gasteiger partial charge in [0.1, 0.15) is 5.75 Å². The molecule has 0 saturated carbocycles. The molecule has 2 aliphatic heterocycles. The summed E-state index contributed by atoms with van der Waals surface area (Å²) in [6.45, 7) is 2.55. The first-order valence-electron chi connectivity index (χ1n) is 10.3. The number of hydrogen-bond acceptors (Lipinski definition) is 5. The maximum atomic E-state index is 13.2. The van der Waals surface area contributed by atoms with Crippen LogP contribution < -0.4 is 10.1 Å². The number of methoxy groups -OCH3 is 1. The summed E-state index contributed by atoms with van der Waals surface area (Å²) in [6, 6.07) is 7.35. The zero-order valence-electron chi connectivity index (χ0n) is 18.2. The second-order valence-corrected chi connectivity index (χ2v) is 9.67. The molecule has 4 rings (SSSR count). The molecule has 2 aromatic rings. The SMILES string of the molecule is COc1ccc2c(c1)C(=O)N[C@@]1(CC2)CN(C(=O)c2csc(C)c2)C[C@@H]1C(=O)N(C)C. The van der Waals surface area contributed by atoms with Crippen LogP contribution in [-0.2, 0) is 11.2 Å². The lowest BCUT2D eigenvalue weighted by atomic mass is 9.81. The van der Waals surface area contributed by atoms with Crippen LogP contribution >= 0.6 is 11.3 Å². The summed E-state index contributed by atoms with van der Waals surface area (Å²) in [6.07, 6.45) is 1.21. The summed E-state index contributed by atoms with van der Waals surface area (Å²) in [5, 5.41) is 5.00. The largest absolute Gasteiger partial charge is 0.497 e. The van der Waals surface area contributed by atoms with Crippen LogP contribution in [0.15, 0.2) is 29.6 Å².